The Bertz CT molecular complexity index is 972. The number of nitrogens with two attached hydrogens (primary N) is 1. The number of pyridine rings is 2. The van der Waals surface area contributed by atoms with Crippen molar-refractivity contribution in [2.75, 3.05) is 18.0 Å². The first-order valence-electron chi connectivity index (χ1n) is 10.4. The number of aliphatic hydroxyl groups excluding tert-OH is 1. The van der Waals surface area contributed by atoms with Gasteiger partial charge in [0.1, 0.15) is 5.52 Å². The number of furan rings is 1. The lowest BCUT2D eigenvalue weighted by Gasteiger charge is -2.40. The monoisotopic (exact) mass is 394 g/mol. The molecule has 6 heteroatoms. The molecule has 0 aromatic carbocycles. The van der Waals surface area contributed by atoms with Crippen LogP contribution in [0.4, 0.5) is 5.69 Å². The average molecular weight is 395 g/mol. The summed E-state index contributed by atoms with van der Waals surface area (Å²) in [7, 11) is 0. The number of nitrogens with zero attached hydrogens (tertiary/aromatic N) is 3. The molecule has 1 aliphatic rings. The third-order valence-electron chi connectivity index (χ3n) is 5.95. The Morgan fingerprint density at radius 1 is 1.24 bits per heavy atom. The van der Waals surface area contributed by atoms with Crippen molar-refractivity contribution in [1.82, 2.24) is 9.97 Å². The van der Waals surface area contributed by atoms with E-state index in [1.54, 1.807) is 0 Å². The molecule has 4 heterocycles. The van der Waals surface area contributed by atoms with E-state index in [1.165, 1.54) is 5.56 Å². The Kier molecular flexibility index (Phi) is 5.56. The van der Waals surface area contributed by atoms with Gasteiger partial charge >= 0.3 is 0 Å². The third-order valence-corrected chi connectivity index (χ3v) is 5.95. The van der Waals surface area contributed by atoms with E-state index in [1.807, 2.05) is 37.7 Å². The molecule has 3 N–H and O–H groups in total. The topological polar surface area (TPSA) is 88.4 Å². The summed E-state index contributed by atoms with van der Waals surface area (Å²) in [6.45, 7) is 7.81. The quantitative estimate of drug-likeness (QED) is 0.690. The van der Waals surface area contributed by atoms with Crippen molar-refractivity contribution >= 4 is 16.8 Å². The molecule has 1 aliphatic heterocycles. The normalized spacial score (nSPS) is 22.6. The molecule has 29 heavy (non-hydrogen) atoms. The summed E-state index contributed by atoms with van der Waals surface area (Å²) in [5, 5.41) is 10.2. The van der Waals surface area contributed by atoms with Crippen LogP contribution in [0.2, 0.25) is 0 Å². The van der Waals surface area contributed by atoms with Gasteiger partial charge in [0.05, 0.1) is 12.4 Å². The molecule has 3 atom stereocenters. The summed E-state index contributed by atoms with van der Waals surface area (Å²) < 4.78 is 5.64. The van der Waals surface area contributed by atoms with Crippen LogP contribution in [0.3, 0.4) is 0 Å². The standard InChI is InChI=1S/C23H30N4O2/c1-14(2)18-13-29-21-7-6-17(26-22(18)21)5-4-16-10-25-9-8-20(16)27-11-15(3)23(28)19(24)12-27/h6-10,13-15,19,23,28H,4-5,11-12,24H2,1-3H3/t15-,19+,23+/m0/s1. The minimum Gasteiger partial charge on any atom is -0.462 e. The van der Waals surface area contributed by atoms with Gasteiger partial charge in [-0.2, -0.15) is 0 Å². The lowest BCUT2D eigenvalue weighted by molar-refractivity contribution is 0.0784. The minimum atomic E-state index is -0.447. The summed E-state index contributed by atoms with van der Waals surface area (Å²) in [6.07, 6.45) is 6.81. The minimum absolute atomic E-state index is 0.138. The van der Waals surface area contributed by atoms with E-state index < -0.39 is 6.10 Å². The van der Waals surface area contributed by atoms with Crippen LogP contribution in [0, 0.1) is 5.92 Å². The summed E-state index contributed by atoms with van der Waals surface area (Å²) >= 11 is 0. The molecular formula is C23H30N4O2. The Morgan fingerprint density at radius 3 is 2.83 bits per heavy atom. The molecule has 0 bridgehead atoms. The van der Waals surface area contributed by atoms with Gasteiger partial charge in [-0.1, -0.05) is 20.8 Å². The first-order chi connectivity index (χ1) is 13.9. The molecule has 0 amide bonds. The number of rotatable bonds is 5. The van der Waals surface area contributed by atoms with Gasteiger partial charge in [0.25, 0.3) is 0 Å². The van der Waals surface area contributed by atoms with Crippen LogP contribution in [-0.4, -0.2) is 40.3 Å². The SMILES string of the molecule is CC(C)c1coc2ccc(CCc3cnccc3N3C[C@@H](N)[C@H](O)[C@@H](C)C3)nc12. The zero-order valence-corrected chi connectivity index (χ0v) is 17.4. The van der Waals surface area contributed by atoms with Crippen molar-refractivity contribution in [2.24, 2.45) is 11.7 Å². The van der Waals surface area contributed by atoms with Gasteiger partial charge in [0.2, 0.25) is 0 Å². The molecule has 1 saturated heterocycles. The van der Waals surface area contributed by atoms with E-state index in [4.69, 9.17) is 15.1 Å². The van der Waals surface area contributed by atoms with Crippen molar-refractivity contribution in [3.05, 3.63) is 53.7 Å². The van der Waals surface area contributed by atoms with Gasteiger partial charge in [0, 0.05) is 54.4 Å². The molecule has 0 saturated carbocycles. The highest BCUT2D eigenvalue weighted by molar-refractivity contribution is 5.77. The maximum Gasteiger partial charge on any atom is 0.152 e. The van der Waals surface area contributed by atoms with Crippen molar-refractivity contribution in [2.45, 2.75) is 51.7 Å². The Balaban J connectivity index is 1.54. The molecule has 3 aromatic heterocycles. The van der Waals surface area contributed by atoms with E-state index in [9.17, 15) is 5.11 Å². The van der Waals surface area contributed by atoms with E-state index >= 15 is 0 Å². The van der Waals surface area contributed by atoms with E-state index in [0.717, 1.165) is 47.4 Å². The van der Waals surface area contributed by atoms with Crippen LogP contribution in [0.5, 0.6) is 0 Å². The summed E-state index contributed by atoms with van der Waals surface area (Å²) in [5.74, 6) is 0.518. The van der Waals surface area contributed by atoms with E-state index in [0.29, 0.717) is 12.5 Å². The Hall–Kier alpha value is -2.44. The van der Waals surface area contributed by atoms with Crippen molar-refractivity contribution in [1.29, 1.82) is 0 Å². The second kappa shape index (κ2) is 8.13. The Morgan fingerprint density at radius 2 is 2.07 bits per heavy atom. The first kappa shape index (κ1) is 19.9. The van der Waals surface area contributed by atoms with Gasteiger partial charge in [-0.15, -0.1) is 0 Å². The number of hydrogen-bond acceptors (Lipinski definition) is 6. The summed E-state index contributed by atoms with van der Waals surface area (Å²) in [6, 6.07) is 5.87. The molecular weight excluding hydrogens is 364 g/mol. The lowest BCUT2D eigenvalue weighted by atomic mass is 9.92. The lowest BCUT2D eigenvalue weighted by Crippen LogP contribution is -2.55. The molecule has 1 fully saturated rings. The predicted octanol–water partition coefficient (Wildman–Crippen LogP) is 3.28. The highest BCUT2D eigenvalue weighted by Gasteiger charge is 2.31. The zero-order chi connectivity index (χ0) is 20.5. The third kappa shape index (κ3) is 4.00. The number of aromatic nitrogens is 2. The van der Waals surface area contributed by atoms with Crippen LogP contribution in [-0.2, 0) is 12.8 Å². The van der Waals surface area contributed by atoms with Crippen molar-refractivity contribution < 1.29 is 9.52 Å². The number of fused-ring (bicyclic) bond motifs is 1. The van der Waals surface area contributed by atoms with Crippen LogP contribution in [0.15, 0.2) is 41.3 Å². The molecule has 154 valence electrons. The Labute approximate surface area is 171 Å². The van der Waals surface area contributed by atoms with Gasteiger partial charge < -0.3 is 20.2 Å². The highest BCUT2D eigenvalue weighted by atomic mass is 16.3. The molecule has 0 radical (unpaired) electrons. The first-order valence-corrected chi connectivity index (χ1v) is 10.4. The molecule has 0 aliphatic carbocycles. The van der Waals surface area contributed by atoms with Crippen LogP contribution in [0.1, 0.15) is 43.5 Å². The molecule has 4 rings (SSSR count). The largest absolute Gasteiger partial charge is 0.462 e. The molecule has 6 nitrogen and oxygen atoms in total. The average Bonchev–Trinajstić information content (AvgIpc) is 3.14. The zero-order valence-electron chi connectivity index (χ0n) is 17.4. The summed E-state index contributed by atoms with van der Waals surface area (Å²) in [5.41, 5.74) is 12.5. The fraction of sp³-hybridized carbons (Fsp3) is 0.478. The predicted molar refractivity (Wildman–Crippen MR) is 115 cm³/mol. The molecule has 0 spiro atoms. The maximum atomic E-state index is 10.2. The molecule has 0 unspecified atom stereocenters. The van der Waals surface area contributed by atoms with Crippen LogP contribution >= 0.6 is 0 Å². The van der Waals surface area contributed by atoms with Crippen LogP contribution < -0.4 is 10.6 Å². The maximum absolute atomic E-state index is 10.2. The summed E-state index contributed by atoms with van der Waals surface area (Å²) in [4.78, 5) is 11.5. The van der Waals surface area contributed by atoms with Gasteiger partial charge in [-0.3, -0.25) is 4.98 Å². The van der Waals surface area contributed by atoms with E-state index in [-0.39, 0.29) is 12.0 Å². The number of piperidine rings is 1. The smallest absolute Gasteiger partial charge is 0.152 e. The number of hydrogen-bond donors (Lipinski definition) is 2. The van der Waals surface area contributed by atoms with Crippen molar-refractivity contribution in [3.63, 3.8) is 0 Å². The van der Waals surface area contributed by atoms with Crippen LogP contribution in [0.25, 0.3) is 11.1 Å². The second-order valence-electron chi connectivity index (χ2n) is 8.54. The molecule has 3 aromatic rings. The number of aliphatic hydroxyl groups is 1. The van der Waals surface area contributed by atoms with Gasteiger partial charge in [-0.05, 0) is 42.5 Å². The van der Waals surface area contributed by atoms with Gasteiger partial charge in [0.15, 0.2) is 5.58 Å². The van der Waals surface area contributed by atoms with E-state index in [2.05, 4.69) is 29.8 Å². The number of aryl methyl sites for hydroxylation is 2. The fourth-order valence-electron chi connectivity index (χ4n) is 4.22. The van der Waals surface area contributed by atoms with Crippen molar-refractivity contribution in [3.8, 4) is 0 Å². The fourth-order valence-corrected chi connectivity index (χ4v) is 4.22. The number of anilines is 1. The highest BCUT2D eigenvalue weighted by Crippen LogP contribution is 2.28. The van der Waals surface area contributed by atoms with Gasteiger partial charge in [-0.25, -0.2) is 4.98 Å². The second-order valence-corrected chi connectivity index (χ2v) is 8.54.